The molecule has 1 aromatic heterocycles. The molecule has 0 saturated carbocycles. The van der Waals surface area contributed by atoms with E-state index in [1.807, 2.05) is 42.5 Å². The summed E-state index contributed by atoms with van der Waals surface area (Å²) in [6.07, 6.45) is 5.26. The molecule has 5 heteroatoms. The van der Waals surface area contributed by atoms with E-state index in [9.17, 15) is 0 Å². The molecule has 0 unspecified atom stereocenters. The lowest BCUT2D eigenvalue weighted by Crippen LogP contribution is -2.30. The SMILES string of the molecule is NC(=S)N(Cc1cccnc1)N=Cc1ccc(-c2ccccc2)cc1. The van der Waals surface area contributed by atoms with Crippen molar-refractivity contribution in [2.45, 2.75) is 6.54 Å². The van der Waals surface area contributed by atoms with Crippen LogP contribution in [0.2, 0.25) is 0 Å². The van der Waals surface area contributed by atoms with Crippen LogP contribution in [0.15, 0.2) is 84.2 Å². The predicted octanol–water partition coefficient (Wildman–Crippen LogP) is 3.83. The molecule has 25 heavy (non-hydrogen) atoms. The first-order valence-corrected chi connectivity index (χ1v) is 8.28. The summed E-state index contributed by atoms with van der Waals surface area (Å²) in [5.74, 6) is 0. The van der Waals surface area contributed by atoms with E-state index < -0.39 is 0 Å². The molecule has 0 aliphatic rings. The van der Waals surface area contributed by atoms with Gasteiger partial charge < -0.3 is 5.73 Å². The van der Waals surface area contributed by atoms with Gasteiger partial charge in [-0.05, 0) is 40.5 Å². The smallest absolute Gasteiger partial charge is 0.187 e. The number of hydrazone groups is 1. The van der Waals surface area contributed by atoms with Crippen LogP contribution in [0.25, 0.3) is 11.1 Å². The van der Waals surface area contributed by atoms with E-state index in [0.717, 1.165) is 11.1 Å². The molecule has 0 aliphatic heterocycles. The number of nitrogens with zero attached hydrogens (tertiary/aromatic N) is 3. The highest BCUT2D eigenvalue weighted by Gasteiger charge is 2.05. The molecule has 2 N–H and O–H groups in total. The van der Waals surface area contributed by atoms with E-state index in [1.54, 1.807) is 23.6 Å². The summed E-state index contributed by atoms with van der Waals surface area (Å²) < 4.78 is 0. The van der Waals surface area contributed by atoms with Crippen LogP contribution in [0.4, 0.5) is 0 Å². The molecule has 0 bridgehead atoms. The second kappa shape index (κ2) is 8.17. The van der Waals surface area contributed by atoms with Crippen molar-refractivity contribution >= 4 is 23.5 Å². The van der Waals surface area contributed by atoms with E-state index in [0.29, 0.717) is 6.54 Å². The monoisotopic (exact) mass is 346 g/mol. The average molecular weight is 346 g/mol. The van der Waals surface area contributed by atoms with Gasteiger partial charge in [-0.1, -0.05) is 60.7 Å². The fourth-order valence-corrected chi connectivity index (χ4v) is 2.48. The molecule has 0 aliphatic carbocycles. The largest absolute Gasteiger partial charge is 0.375 e. The third-order valence-corrected chi connectivity index (χ3v) is 3.88. The van der Waals surface area contributed by atoms with Crippen molar-refractivity contribution in [1.82, 2.24) is 9.99 Å². The molecule has 0 saturated heterocycles. The first-order chi connectivity index (χ1) is 12.2. The molecule has 3 rings (SSSR count). The van der Waals surface area contributed by atoms with E-state index >= 15 is 0 Å². The van der Waals surface area contributed by atoms with Gasteiger partial charge in [0.05, 0.1) is 12.8 Å². The third-order valence-electron chi connectivity index (χ3n) is 3.67. The average Bonchev–Trinajstić information content (AvgIpc) is 2.67. The normalized spacial score (nSPS) is 10.7. The number of benzene rings is 2. The van der Waals surface area contributed by atoms with Gasteiger partial charge in [-0.15, -0.1) is 0 Å². The maximum atomic E-state index is 5.77. The number of thiocarbonyl (C=S) groups is 1. The minimum atomic E-state index is 0.223. The highest BCUT2D eigenvalue weighted by atomic mass is 32.1. The summed E-state index contributed by atoms with van der Waals surface area (Å²) in [6.45, 7) is 0.488. The fraction of sp³-hybridized carbons (Fsp3) is 0.0500. The molecular weight excluding hydrogens is 328 g/mol. The summed E-state index contributed by atoms with van der Waals surface area (Å²) in [7, 11) is 0. The lowest BCUT2D eigenvalue weighted by atomic mass is 10.0. The zero-order valence-electron chi connectivity index (χ0n) is 13.6. The Balaban J connectivity index is 1.72. The molecule has 0 radical (unpaired) electrons. The van der Waals surface area contributed by atoms with Crippen LogP contribution < -0.4 is 5.73 Å². The van der Waals surface area contributed by atoms with Gasteiger partial charge in [0.25, 0.3) is 0 Å². The molecule has 0 fully saturated rings. The molecule has 4 nitrogen and oxygen atoms in total. The lowest BCUT2D eigenvalue weighted by molar-refractivity contribution is 0.444. The van der Waals surface area contributed by atoms with Gasteiger partial charge in [-0.25, -0.2) is 5.01 Å². The van der Waals surface area contributed by atoms with E-state index in [2.05, 4.69) is 34.4 Å². The quantitative estimate of drug-likeness (QED) is 0.433. The van der Waals surface area contributed by atoms with Crippen LogP contribution >= 0.6 is 12.2 Å². The summed E-state index contributed by atoms with van der Waals surface area (Å²) in [5, 5.41) is 6.21. The number of hydrogen-bond donors (Lipinski definition) is 1. The van der Waals surface area contributed by atoms with Gasteiger partial charge in [0.15, 0.2) is 5.11 Å². The molecule has 0 atom stereocenters. The van der Waals surface area contributed by atoms with Crippen LogP contribution in [0.1, 0.15) is 11.1 Å². The van der Waals surface area contributed by atoms with Gasteiger partial charge in [0.2, 0.25) is 0 Å². The Morgan fingerprint density at radius 3 is 2.36 bits per heavy atom. The Hall–Kier alpha value is -3.05. The number of aromatic nitrogens is 1. The van der Waals surface area contributed by atoms with Gasteiger partial charge in [0, 0.05) is 12.4 Å². The summed E-state index contributed by atoms with van der Waals surface area (Å²) in [4.78, 5) is 4.09. The van der Waals surface area contributed by atoms with Crippen molar-refractivity contribution in [1.29, 1.82) is 0 Å². The van der Waals surface area contributed by atoms with Crippen molar-refractivity contribution in [3.63, 3.8) is 0 Å². The van der Waals surface area contributed by atoms with Crippen molar-refractivity contribution in [2.24, 2.45) is 10.8 Å². The maximum absolute atomic E-state index is 5.77. The minimum absolute atomic E-state index is 0.223. The summed E-state index contributed by atoms with van der Waals surface area (Å²) in [6, 6.07) is 22.3. The minimum Gasteiger partial charge on any atom is -0.375 e. The van der Waals surface area contributed by atoms with E-state index in [-0.39, 0.29) is 5.11 Å². The van der Waals surface area contributed by atoms with Crippen LogP contribution in [0, 0.1) is 0 Å². The Bertz CT molecular complexity index is 846. The van der Waals surface area contributed by atoms with Gasteiger partial charge >= 0.3 is 0 Å². The third kappa shape index (κ3) is 4.71. The van der Waals surface area contributed by atoms with Crippen molar-refractivity contribution < 1.29 is 0 Å². The summed E-state index contributed by atoms with van der Waals surface area (Å²) in [5.41, 5.74) is 10.1. The Labute approximate surface area is 152 Å². The zero-order chi connectivity index (χ0) is 17.5. The van der Waals surface area contributed by atoms with Crippen LogP contribution in [0.3, 0.4) is 0 Å². The highest BCUT2D eigenvalue weighted by Crippen LogP contribution is 2.18. The van der Waals surface area contributed by atoms with Gasteiger partial charge in [-0.3, -0.25) is 4.98 Å². The fourth-order valence-electron chi connectivity index (χ4n) is 2.37. The van der Waals surface area contributed by atoms with Crippen molar-refractivity contribution in [3.05, 3.63) is 90.3 Å². The Morgan fingerprint density at radius 2 is 1.72 bits per heavy atom. The maximum Gasteiger partial charge on any atom is 0.187 e. The molecule has 3 aromatic rings. The second-order valence-corrected chi connectivity index (χ2v) is 5.91. The topological polar surface area (TPSA) is 54.5 Å². The predicted molar refractivity (Wildman–Crippen MR) is 106 cm³/mol. The van der Waals surface area contributed by atoms with Gasteiger partial charge in [-0.2, -0.15) is 5.10 Å². The number of pyridine rings is 1. The second-order valence-electron chi connectivity index (χ2n) is 5.49. The van der Waals surface area contributed by atoms with E-state index in [1.165, 1.54) is 11.1 Å². The lowest BCUT2D eigenvalue weighted by Gasteiger charge is -2.16. The molecule has 0 amide bonds. The van der Waals surface area contributed by atoms with Crippen LogP contribution in [-0.4, -0.2) is 21.3 Å². The van der Waals surface area contributed by atoms with Crippen LogP contribution in [0.5, 0.6) is 0 Å². The number of rotatable bonds is 5. The first-order valence-electron chi connectivity index (χ1n) is 7.88. The molecule has 2 aromatic carbocycles. The molecule has 0 spiro atoms. The zero-order valence-corrected chi connectivity index (χ0v) is 14.4. The molecule has 1 heterocycles. The Morgan fingerprint density at radius 1 is 1.00 bits per heavy atom. The summed E-state index contributed by atoms with van der Waals surface area (Å²) >= 11 is 5.09. The van der Waals surface area contributed by atoms with E-state index in [4.69, 9.17) is 18.0 Å². The molecule has 124 valence electrons. The Kier molecular flexibility index (Phi) is 5.49. The highest BCUT2D eigenvalue weighted by molar-refractivity contribution is 7.80. The number of nitrogens with two attached hydrogens (primary N) is 1. The van der Waals surface area contributed by atoms with Crippen molar-refractivity contribution in [2.75, 3.05) is 0 Å². The van der Waals surface area contributed by atoms with Gasteiger partial charge in [0.1, 0.15) is 0 Å². The number of hydrogen-bond acceptors (Lipinski definition) is 3. The van der Waals surface area contributed by atoms with Crippen LogP contribution in [-0.2, 0) is 6.54 Å². The standard InChI is InChI=1S/C20H18N4S/c21-20(25)24(15-17-5-4-12-22-13-17)23-14-16-8-10-19(11-9-16)18-6-2-1-3-7-18/h1-14H,15H2,(H2,21,25). The van der Waals surface area contributed by atoms with Crippen molar-refractivity contribution in [3.8, 4) is 11.1 Å². The molecular formula is C20H18N4S. The first kappa shape index (κ1) is 16.8.